The zero-order valence-electron chi connectivity index (χ0n) is 16.7. The second-order valence-electron chi connectivity index (χ2n) is 8.08. The number of fused-ring (bicyclic) bond motifs is 1. The number of pyridine rings is 1. The average Bonchev–Trinajstić information content (AvgIpc) is 2.64. The van der Waals surface area contributed by atoms with E-state index in [1.807, 2.05) is 0 Å². The number of aromatic nitrogens is 3. The molecule has 2 aromatic heterocycles. The van der Waals surface area contributed by atoms with Crippen molar-refractivity contribution in [3.63, 3.8) is 0 Å². The van der Waals surface area contributed by atoms with Gasteiger partial charge < -0.3 is 9.88 Å². The van der Waals surface area contributed by atoms with Crippen LogP contribution in [0.1, 0.15) is 43.1 Å². The number of rotatable bonds is 5. The van der Waals surface area contributed by atoms with Gasteiger partial charge in [-0.25, -0.2) is 31.9 Å². The molecule has 4 rings (SSSR count). The normalized spacial score (nSPS) is 17.0. The molecule has 0 aliphatic heterocycles. The fourth-order valence-corrected chi connectivity index (χ4v) is 4.09. The number of aryl methyl sites for hydroxylation is 1. The molecule has 1 aliphatic rings. The molecule has 0 atom stereocenters. The summed E-state index contributed by atoms with van der Waals surface area (Å²) in [4.78, 5) is 21.0. The van der Waals surface area contributed by atoms with Crippen LogP contribution in [0.15, 0.2) is 35.3 Å². The summed E-state index contributed by atoms with van der Waals surface area (Å²) in [7, 11) is 0. The first-order chi connectivity index (χ1) is 14.5. The van der Waals surface area contributed by atoms with Crippen LogP contribution < -0.4 is 10.9 Å². The molecule has 1 fully saturated rings. The van der Waals surface area contributed by atoms with E-state index in [0.29, 0.717) is 16.7 Å². The summed E-state index contributed by atoms with van der Waals surface area (Å²) in [6.07, 6.45) is -2.46. The summed E-state index contributed by atoms with van der Waals surface area (Å²) in [5.74, 6) is -3.27. The molecule has 1 aromatic carbocycles. The van der Waals surface area contributed by atoms with Crippen molar-refractivity contribution in [2.75, 3.05) is 5.32 Å². The minimum Gasteiger partial charge on any atom is -0.365 e. The molecule has 0 amide bonds. The molecule has 0 unspecified atom stereocenters. The van der Waals surface area contributed by atoms with Gasteiger partial charge in [0, 0.05) is 37.2 Å². The third-order valence-electron chi connectivity index (χ3n) is 5.49. The molecule has 0 spiro atoms. The van der Waals surface area contributed by atoms with Crippen LogP contribution >= 0.6 is 0 Å². The van der Waals surface area contributed by atoms with E-state index in [0.717, 1.165) is 6.07 Å². The third-order valence-corrected chi connectivity index (χ3v) is 5.49. The lowest BCUT2D eigenvalue weighted by Crippen LogP contribution is -2.54. The highest BCUT2D eigenvalue weighted by Gasteiger charge is 2.55. The van der Waals surface area contributed by atoms with Gasteiger partial charge in [0.25, 0.3) is 17.9 Å². The van der Waals surface area contributed by atoms with Gasteiger partial charge in [-0.05, 0) is 13.8 Å². The Bertz CT molecular complexity index is 1220. The van der Waals surface area contributed by atoms with Crippen molar-refractivity contribution in [2.45, 2.75) is 51.1 Å². The van der Waals surface area contributed by atoms with E-state index >= 15 is 0 Å². The predicted octanol–water partition coefficient (Wildman–Crippen LogP) is 4.93. The number of anilines is 1. The van der Waals surface area contributed by atoms with Gasteiger partial charge in [-0.2, -0.15) is 0 Å². The minimum absolute atomic E-state index is 0.0149. The summed E-state index contributed by atoms with van der Waals surface area (Å²) >= 11 is 0. The van der Waals surface area contributed by atoms with Gasteiger partial charge in [-0.3, -0.25) is 4.79 Å². The fraction of sp³-hybridized carbons (Fsp3) is 0.381. The Labute approximate surface area is 173 Å². The van der Waals surface area contributed by atoms with Gasteiger partial charge in [0.15, 0.2) is 0 Å². The maximum Gasteiger partial charge on any atom is 0.266 e. The Morgan fingerprint density at radius 2 is 1.94 bits per heavy atom. The van der Waals surface area contributed by atoms with Crippen LogP contribution in [-0.2, 0) is 12.1 Å². The van der Waals surface area contributed by atoms with Crippen LogP contribution in [0.5, 0.6) is 0 Å². The SMILES string of the molecule is Cc1nc(NCc2cccc(C(F)F)c2F)c2cn(C3(C)CC(F)(F)C3)c(=O)cc2n1. The first-order valence-electron chi connectivity index (χ1n) is 9.58. The van der Waals surface area contributed by atoms with E-state index in [1.54, 1.807) is 13.8 Å². The Hall–Kier alpha value is -3.04. The summed E-state index contributed by atoms with van der Waals surface area (Å²) in [5.41, 5.74) is -1.90. The van der Waals surface area contributed by atoms with Crippen molar-refractivity contribution >= 4 is 16.7 Å². The van der Waals surface area contributed by atoms with Crippen LogP contribution in [0.2, 0.25) is 0 Å². The Morgan fingerprint density at radius 1 is 1.23 bits per heavy atom. The van der Waals surface area contributed by atoms with E-state index in [2.05, 4.69) is 15.3 Å². The van der Waals surface area contributed by atoms with Crippen molar-refractivity contribution in [1.29, 1.82) is 0 Å². The van der Waals surface area contributed by atoms with E-state index < -0.39 is 47.7 Å². The molecule has 3 aromatic rings. The highest BCUT2D eigenvalue weighted by molar-refractivity contribution is 5.88. The van der Waals surface area contributed by atoms with E-state index in [1.165, 1.54) is 29.0 Å². The minimum atomic E-state index is -2.95. The number of benzene rings is 1. The van der Waals surface area contributed by atoms with Crippen LogP contribution in [0.3, 0.4) is 0 Å². The van der Waals surface area contributed by atoms with Crippen molar-refractivity contribution in [3.05, 3.63) is 63.6 Å². The number of halogens is 5. The number of hydrogen-bond donors (Lipinski definition) is 1. The molecule has 5 nitrogen and oxygen atoms in total. The number of nitrogens with one attached hydrogen (secondary N) is 1. The second-order valence-corrected chi connectivity index (χ2v) is 8.08. The third kappa shape index (κ3) is 3.86. The lowest BCUT2D eigenvalue weighted by atomic mass is 9.74. The molecule has 164 valence electrons. The highest BCUT2D eigenvalue weighted by atomic mass is 19.3. The lowest BCUT2D eigenvalue weighted by Gasteiger charge is -2.46. The fourth-order valence-electron chi connectivity index (χ4n) is 4.09. The molecule has 0 radical (unpaired) electrons. The van der Waals surface area contributed by atoms with Crippen LogP contribution in [0.4, 0.5) is 27.8 Å². The van der Waals surface area contributed by atoms with Gasteiger partial charge in [-0.1, -0.05) is 18.2 Å². The standard InChI is InChI=1S/C21H19F5N4O/c1-11-28-15-6-16(31)30(20(2)9-21(25,26)10-20)8-14(15)19(29-11)27-7-12-4-3-5-13(17(12)22)18(23)24/h3-6,8,18H,7,9-10H2,1-2H3,(H,27,28,29). The summed E-state index contributed by atoms with van der Waals surface area (Å²) in [6, 6.07) is 4.97. The molecule has 1 N–H and O–H groups in total. The zero-order chi connectivity index (χ0) is 22.6. The lowest BCUT2D eigenvalue weighted by molar-refractivity contribution is -0.146. The maximum atomic E-state index is 14.3. The highest BCUT2D eigenvalue weighted by Crippen LogP contribution is 2.49. The zero-order valence-corrected chi connectivity index (χ0v) is 16.7. The largest absolute Gasteiger partial charge is 0.365 e. The van der Waals surface area contributed by atoms with Crippen LogP contribution in [-0.4, -0.2) is 20.5 Å². The number of nitrogens with zero attached hydrogens (tertiary/aromatic N) is 3. The maximum absolute atomic E-state index is 14.3. The number of hydrogen-bond acceptors (Lipinski definition) is 4. The Kier molecular flexibility index (Phi) is 4.98. The van der Waals surface area contributed by atoms with Gasteiger partial charge >= 0.3 is 0 Å². The van der Waals surface area contributed by atoms with Gasteiger partial charge in [0.1, 0.15) is 17.5 Å². The molecule has 1 aliphatic carbocycles. The number of alkyl halides is 4. The van der Waals surface area contributed by atoms with E-state index in [-0.39, 0.29) is 17.9 Å². The molecule has 2 heterocycles. The van der Waals surface area contributed by atoms with Crippen molar-refractivity contribution in [3.8, 4) is 0 Å². The van der Waals surface area contributed by atoms with E-state index in [4.69, 9.17) is 0 Å². The second kappa shape index (κ2) is 7.28. The van der Waals surface area contributed by atoms with E-state index in [9.17, 15) is 26.7 Å². The summed E-state index contributed by atoms with van der Waals surface area (Å²) in [5, 5.41) is 3.28. The summed E-state index contributed by atoms with van der Waals surface area (Å²) < 4.78 is 68.5. The topological polar surface area (TPSA) is 59.8 Å². The molecular formula is C21H19F5N4O. The van der Waals surface area contributed by atoms with Crippen molar-refractivity contribution < 1.29 is 22.0 Å². The first kappa shape index (κ1) is 21.2. The van der Waals surface area contributed by atoms with Gasteiger partial charge in [0.05, 0.1) is 22.0 Å². The van der Waals surface area contributed by atoms with Crippen LogP contribution in [0, 0.1) is 12.7 Å². The summed E-state index contributed by atoms with van der Waals surface area (Å²) in [6.45, 7) is 3.03. The van der Waals surface area contributed by atoms with Crippen LogP contribution in [0.25, 0.3) is 10.9 Å². The quantitative estimate of drug-likeness (QED) is 0.574. The predicted molar refractivity (Wildman–Crippen MR) is 105 cm³/mol. The molecule has 10 heteroatoms. The molecule has 31 heavy (non-hydrogen) atoms. The Morgan fingerprint density at radius 3 is 2.58 bits per heavy atom. The average molecular weight is 438 g/mol. The smallest absolute Gasteiger partial charge is 0.266 e. The molecule has 1 saturated carbocycles. The molecular weight excluding hydrogens is 419 g/mol. The molecule has 0 saturated heterocycles. The van der Waals surface area contributed by atoms with Crippen molar-refractivity contribution in [2.24, 2.45) is 0 Å². The Balaban J connectivity index is 1.72. The first-order valence-corrected chi connectivity index (χ1v) is 9.58. The van der Waals surface area contributed by atoms with Gasteiger partial charge in [-0.15, -0.1) is 0 Å². The van der Waals surface area contributed by atoms with Crippen molar-refractivity contribution in [1.82, 2.24) is 14.5 Å². The monoisotopic (exact) mass is 438 g/mol. The molecule has 0 bridgehead atoms. The van der Waals surface area contributed by atoms with Gasteiger partial charge in [0.2, 0.25) is 0 Å².